The van der Waals surface area contributed by atoms with E-state index in [1.807, 2.05) is 6.07 Å². The number of sulfone groups is 1. The molecule has 2 N–H and O–H groups in total. The highest BCUT2D eigenvalue weighted by molar-refractivity contribution is 7.91. The first-order valence-corrected chi connectivity index (χ1v) is 18.8. The van der Waals surface area contributed by atoms with E-state index in [0.717, 1.165) is 5.39 Å². The smallest absolute Gasteiger partial charge is 0.330 e. The number of hydrogen-bond donors (Lipinski definition) is 2. The van der Waals surface area contributed by atoms with E-state index in [4.69, 9.17) is 16.3 Å². The molecule has 2 aliphatic rings. The number of hydrogen-bond acceptors (Lipinski definition) is 9. The lowest BCUT2D eigenvalue weighted by Gasteiger charge is -2.37. The molecule has 268 valence electrons. The number of piperidine rings is 1. The first-order valence-electron chi connectivity index (χ1n) is 16.7. The van der Waals surface area contributed by atoms with Gasteiger partial charge in [0, 0.05) is 42.7 Å². The summed E-state index contributed by atoms with van der Waals surface area (Å²) in [7, 11) is -3.97. The van der Waals surface area contributed by atoms with Crippen molar-refractivity contribution < 1.29 is 37.4 Å². The van der Waals surface area contributed by atoms with Gasteiger partial charge >= 0.3 is 12.0 Å². The molecular weight excluding hydrogens is 698 g/mol. The number of imidazole rings is 1. The summed E-state index contributed by atoms with van der Waals surface area (Å²) in [5.41, 5.74) is 1.24. The molecule has 13 nitrogen and oxygen atoms in total. The van der Waals surface area contributed by atoms with Crippen molar-refractivity contribution in [3.63, 3.8) is 0 Å². The van der Waals surface area contributed by atoms with E-state index in [-0.39, 0.29) is 49.0 Å². The van der Waals surface area contributed by atoms with Crippen molar-refractivity contribution in [2.24, 2.45) is 0 Å². The molecule has 0 bridgehead atoms. The molecule has 0 radical (unpaired) electrons. The van der Waals surface area contributed by atoms with Crippen molar-refractivity contribution in [3.8, 4) is 0 Å². The molecule has 6 rings (SSSR count). The number of nitrogens with one attached hydrogen (secondary N) is 1. The number of aromatic nitrogens is 2. The number of halogens is 1. The number of aliphatic hydroxyl groups is 1. The molecule has 1 fully saturated rings. The molecule has 3 aromatic carbocycles. The maximum Gasteiger partial charge on any atom is 0.330 e. The second-order valence-corrected chi connectivity index (χ2v) is 15.1. The van der Waals surface area contributed by atoms with Crippen LogP contribution in [0.5, 0.6) is 0 Å². The van der Waals surface area contributed by atoms with Crippen LogP contribution in [0.1, 0.15) is 54.0 Å². The van der Waals surface area contributed by atoms with Gasteiger partial charge in [0.05, 0.1) is 29.1 Å². The summed E-state index contributed by atoms with van der Waals surface area (Å²) in [5, 5.41) is 15.5. The Morgan fingerprint density at radius 1 is 1.00 bits per heavy atom. The summed E-state index contributed by atoms with van der Waals surface area (Å²) in [5.74, 6) is -1.71. The molecule has 51 heavy (non-hydrogen) atoms. The molecule has 1 saturated heterocycles. The number of esters is 1. The van der Waals surface area contributed by atoms with Gasteiger partial charge in [-0.25, -0.2) is 22.8 Å². The minimum atomic E-state index is -3.97. The molecule has 3 heterocycles. The normalized spacial score (nSPS) is 15.5. The van der Waals surface area contributed by atoms with Crippen molar-refractivity contribution in [2.75, 3.05) is 25.4 Å². The second-order valence-electron chi connectivity index (χ2n) is 12.7. The predicted octanol–water partition coefficient (Wildman–Crippen LogP) is 3.94. The number of benzene rings is 3. The van der Waals surface area contributed by atoms with Crippen LogP contribution >= 0.6 is 11.6 Å². The Morgan fingerprint density at radius 3 is 2.49 bits per heavy atom. The van der Waals surface area contributed by atoms with Gasteiger partial charge in [-0.15, -0.1) is 0 Å². The van der Waals surface area contributed by atoms with E-state index in [0.29, 0.717) is 66.3 Å². The minimum Gasteiger partial charge on any atom is -0.457 e. The lowest BCUT2D eigenvalue weighted by Crippen LogP contribution is -2.50. The van der Waals surface area contributed by atoms with E-state index >= 15 is 0 Å². The monoisotopic (exact) mass is 735 g/mol. The molecule has 1 atom stereocenters. The predicted molar refractivity (Wildman–Crippen MR) is 188 cm³/mol. The molecule has 3 amide bonds. The number of carbonyl (C=O) groups is 4. The lowest BCUT2D eigenvalue weighted by molar-refractivity contribution is -0.145. The first-order chi connectivity index (χ1) is 24.5. The Hall–Kier alpha value is -4.79. The third-order valence-electron chi connectivity index (χ3n) is 9.18. The molecule has 0 unspecified atom stereocenters. The maximum absolute atomic E-state index is 13.4. The summed E-state index contributed by atoms with van der Waals surface area (Å²) >= 11 is 6.02. The van der Waals surface area contributed by atoms with Crippen LogP contribution < -0.4 is 5.32 Å². The van der Waals surface area contributed by atoms with Crippen molar-refractivity contribution in [1.29, 1.82) is 0 Å². The SMILES string of the molecule is O=C(CCCCNC(=O)c1ccccc1)OCc1ncc2n1C(=O)N(C1CCN(C(=O)[C@H](O)CS(=O)(=O)c3ccc4cc(Cl)ccc4c3)CC1)C2. The zero-order chi connectivity index (χ0) is 36.1. The summed E-state index contributed by atoms with van der Waals surface area (Å²) in [6, 6.07) is 18.0. The average molecular weight is 736 g/mol. The van der Waals surface area contributed by atoms with Gasteiger partial charge in [-0.1, -0.05) is 41.9 Å². The van der Waals surface area contributed by atoms with Crippen LogP contribution in [0.15, 0.2) is 77.8 Å². The van der Waals surface area contributed by atoms with Gasteiger partial charge in [0.25, 0.3) is 11.8 Å². The first kappa shape index (κ1) is 36.0. The van der Waals surface area contributed by atoms with E-state index in [2.05, 4.69) is 10.3 Å². The number of nitrogens with zero attached hydrogens (tertiary/aromatic N) is 4. The maximum atomic E-state index is 13.4. The second kappa shape index (κ2) is 15.6. The Balaban J connectivity index is 0.934. The van der Waals surface area contributed by atoms with Gasteiger partial charge in [-0.05, 0) is 72.9 Å². The number of amides is 3. The number of aliphatic hydroxyl groups excluding tert-OH is 1. The number of fused-ring (bicyclic) bond motifs is 2. The standard InChI is InChI=1S/C36H38ClN5O8S/c37-27-11-9-26-19-30(12-10-25(26)18-27)51(48,49)23-31(43)35(46)40-16-13-28(14-17-40)41-21-29-20-39-32(42(29)36(41)47)22-50-33(44)8-4-5-15-38-34(45)24-6-2-1-3-7-24/h1-3,6-7,9-12,18-20,28,31,43H,4-5,8,13-17,21-23H2,(H,38,45)/t31-/m1/s1. The summed E-state index contributed by atoms with van der Waals surface area (Å²) in [6.07, 6.45) is 2.01. The quantitative estimate of drug-likeness (QED) is 0.153. The average Bonchev–Trinajstić information content (AvgIpc) is 3.69. The Morgan fingerprint density at radius 2 is 1.73 bits per heavy atom. The van der Waals surface area contributed by atoms with Crippen LogP contribution in [-0.4, -0.2) is 94.2 Å². The van der Waals surface area contributed by atoms with Crippen molar-refractivity contribution in [2.45, 2.75) is 62.3 Å². The van der Waals surface area contributed by atoms with Crippen molar-refractivity contribution in [3.05, 3.63) is 95.0 Å². The van der Waals surface area contributed by atoms with Crippen LogP contribution in [0.3, 0.4) is 0 Å². The van der Waals surface area contributed by atoms with Crippen LogP contribution in [0, 0.1) is 0 Å². The van der Waals surface area contributed by atoms with E-state index in [9.17, 15) is 32.7 Å². The van der Waals surface area contributed by atoms with Gasteiger partial charge in [-0.2, -0.15) is 0 Å². The van der Waals surface area contributed by atoms with Gasteiger partial charge in [0.2, 0.25) is 0 Å². The molecule has 0 aliphatic carbocycles. The van der Waals surface area contributed by atoms with Crippen molar-refractivity contribution >= 4 is 56.0 Å². The summed E-state index contributed by atoms with van der Waals surface area (Å²) in [4.78, 5) is 58.4. The number of carbonyl (C=O) groups excluding carboxylic acids is 4. The zero-order valence-corrected chi connectivity index (χ0v) is 29.3. The number of unbranched alkanes of at least 4 members (excludes halogenated alkanes) is 1. The van der Waals surface area contributed by atoms with Crippen molar-refractivity contribution in [1.82, 2.24) is 24.7 Å². The fourth-order valence-corrected chi connectivity index (χ4v) is 7.92. The number of ether oxygens (including phenoxy) is 1. The summed E-state index contributed by atoms with van der Waals surface area (Å²) < 4.78 is 33.0. The van der Waals surface area contributed by atoms with E-state index in [1.54, 1.807) is 59.6 Å². The molecule has 4 aromatic rings. The van der Waals surface area contributed by atoms with Gasteiger partial charge in [-0.3, -0.25) is 14.4 Å². The Bertz CT molecular complexity index is 2050. The largest absolute Gasteiger partial charge is 0.457 e. The fourth-order valence-electron chi connectivity index (χ4n) is 6.41. The Labute approximate surface area is 300 Å². The van der Waals surface area contributed by atoms with Crippen LogP contribution in [0.2, 0.25) is 5.02 Å². The molecule has 0 spiro atoms. The van der Waals surface area contributed by atoms with Gasteiger partial charge in [0.1, 0.15) is 12.7 Å². The molecule has 1 aromatic heterocycles. The molecular formula is C36H38ClN5O8S. The van der Waals surface area contributed by atoms with Gasteiger partial charge in [0.15, 0.2) is 15.7 Å². The number of likely N-dealkylation sites (tertiary alicyclic amines) is 1. The van der Waals surface area contributed by atoms with E-state index < -0.39 is 33.6 Å². The van der Waals surface area contributed by atoms with Crippen LogP contribution in [0.4, 0.5) is 4.79 Å². The third-order valence-corrected chi connectivity index (χ3v) is 11.1. The topological polar surface area (TPSA) is 168 Å². The number of rotatable bonds is 13. The van der Waals surface area contributed by atoms with Crippen LogP contribution in [-0.2, 0) is 37.3 Å². The molecule has 15 heteroatoms. The van der Waals surface area contributed by atoms with Gasteiger partial charge < -0.3 is 25.0 Å². The highest BCUT2D eigenvalue weighted by atomic mass is 35.5. The minimum absolute atomic E-state index is 0.00407. The highest BCUT2D eigenvalue weighted by Crippen LogP contribution is 2.28. The zero-order valence-electron chi connectivity index (χ0n) is 27.7. The van der Waals surface area contributed by atoms with Crippen LogP contribution in [0.25, 0.3) is 10.8 Å². The Kier molecular flexibility index (Phi) is 11.0. The highest BCUT2D eigenvalue weighted by Gasteiger charge is 2.38. The third kappa shape index (κ3) is 8.41. The fraction of sp³-hybridized carbons (Fsp3) is 0.361. The molecule has 0 saturated carbocycles. The molecule has 2 aliphatic heterocycles. The summed E-state index contributed by atoms with van der Waals surface area (Å²) in [6.45, 7) is 1.07. The lowest BCUT2D eigenvalue weighted by atomic mass is 10.0. The van der Waals surface area contributed by atoms with E-state index in [1.165, 1.54) is 21.6 Å².